The third kappa shape index (κ3) is 1.79. The molecule has 0 aromatic carbocycles. The number of fused-ring (bicyclic) bond motifs is 3. The lowest BCUT2D eigenvalue weighted by Gasteiger charge is -2.52. The van der Waals surface area contributed by atoms with Gasteiger partial charge in [-0.1, -0.05) is 6.92 Å². The number of carboxylic acids is 1. The van der Waals surface area contributed by atoms with Crippen molar-refractivity contribution in [3.63, 3.8) is 0 Å². The van der Waals surface area contributed by atoms with E-state index in [0.717, 1.165) is 6.42 Å². The number of rotatable bonds is 3. The zero-order valence-corrected chi connectivity index (χ0v) is 9.01. The molecule has 2 heteroatoms. The average Bonchev–Trinajstić information content (AvgIpc) is 2.17. The highest BCUT2D eigenvalue weighted by atomic mass is 16.4. The zero-order chi connectivity index (χ0) is 10.2. The molecule has 80 valence electrons. The molecule has 1 N–H and O–H groups in total. The fraction of sp³-hybridized carbons (Fsp3) is 0.917. The van der Waals surface area contributed by atoms with E-state index in [1.54, 1.807) is 0 Å². The summed E-state index contributed by atoms with van der Waals surface area (Å²) < 4.78 is 0. The number of carboxylic acid groups (broad SMARTS) is 1. The van der Waals surface area contributed by atoms with Gasteiger partial charge in [-0.05, 0) is 55.8 Å². The van der Waals surface area contributed by atoms with Crippen LogP contribution in [-0.2, 0) is 4.79 Å². The van der Waals surface area contributed by atoms with Gasteiger partial charge in [0.05, 0.1) is 0 Å². The van der Waals surface area contributed by atoms with Crippen LogP contribution in [0.5, 0.6) is 0 Å². The molecular weight excluding hydrogens is 176 g/mol. The predicted molar refractivity (Wildman–Crippen MR) is 55.1 cm³/mol. The monoisotopic (exact) mass is 196 g/mol. The third-order valence-electron chi connectivity index (χ3n) is 4.65. The summed E-state index contributed by atoms with van der Waals surface area (Å²) >= 11 is 0. The van der Waals surface area contributed by atoms with Gasteiger partial charge in [0.1, 0.15) is 0 Å². The van der Waals surface area contributed by atoms with E-state index in [0.29, 0.717) is 17.3 Å². The van der Waals surface area contributed by atoms with E-state index in [2.05, 4.69) is 6.92 Å². The molecule has 0 amide bonds. The molecule has 0 aliphatic heterocycles. The summed E-state index contributed by atoms with van der Waals surface area (Å²) in [6, 6.07) is 0. The Labute approximate surface area is 85.7 Å². The molecule has 3 rings (SSSR count). The van der Waals surface area contributed by atoms with Crippen LogP contribution >= 0.6 is 0 Å². The molecule has 3 aliphatic rings. The predicted octanol–water partition coefficient (Wildman–Crippen LogP) is 3.21. The van der Waals surface area contributed by atoms with Gasteiger partial charge in [-0.2, -0.15) is 0 Å². The van der Waals surface area contributed by atoms with E-state index in [-0.39, 0.29) is 0 Å². The summed E-state index contributed by atoms with van der Waals surface area (Å²) in [5, 5.41) is 8.72. The van der Waals surface area contributed by atoms with Gasteiger partial charge in [-0.25, -0.2) is 0 Å². The third-order valence-corrected chi connectivity index (χ3v) is 4.65. The van der Waals surface area contributed by atoms with E-state index < -0.39 is 5.97 Å². The molecule has 0 aromatic rings. The molecular formula is C12H20O2. The maximum Gasteiger partial charge on any atom is 0.303 e. The van der Waals surface area contributed by atoms with Gasteiger partial charge < -0.3 is 5.11 Å². The largest absolute Gasteiger partial charge is 0.481 e. The van der Waals surface area contributed by atoms with Gasteiger partial charge in [-0.3, -0.25) is 4.79 Å². The Balaban J connectivity index is 1.95. The van der Waals surface area contributed by atoms with Crippen LogP contribution in [0.1, 0.15) is 58.3 Å². The normalized spacial score (nSPS) is 41.2. The van der Waals surface area contributed by atoms with Crippen LogP contribution < -0.4 is 0 Å². The van der Waals surface area contributed by atoms with Gasteiger partial charge in [0.25, 0.3) is 0 Å². The van der Waals surface area contributed by atoms with E-state index in [4.69, 9.17) is 5.11 Å². The Morgan fingerprint density at radius 3 is 2.07 bits per heavy atom. The van der Waals surface area contributed by atoms with Crippen LogP contribution in [0.3, 0.4) is 0 Å². The lowest BCUT2D eigenvalue weighted by molar-refractivity contribution is -0.138. The van der Waals surface area contributed by atoms with Gasteiger partial charge in [0.2, 0.25) is 0 Å². The van der Waals surface area contributed by atoms with Crippen molar-refractivity contribution >= 4 is 5.97 Å². The standard InChI is InChI=1S/C12H20O2/c1-11-4-7-12(8-5-11,9-6-11)3-2-10(13)14/h2-9H2,1H3,(H,13,14). The zero-order valence-electron chi connectivity index (χ0n) is 9.01. The van der Waals surface area contributed by atoms with E-state index in [9.17, 15) is 4.79 Å². The summed E-state index contributed by atoms with van der Waals surface area (Å²) in [7, 11) is 0. The second-order valence-corrected chi connectivity index (χ2v) is 5.70. The van der Waals surface area contributed by atoms with Crippen molar-refractivity contribution < 1.29 is 9.90 Å². The molecule has 3 saturated carbocycles. The van der Waals surface area contributed by atoms with Crippen molar-refractivity contribution in [3.8, 4) is 0 Å². The fourth-order valence-corrected chi connectivity index (χ4v) is 3.20. The first-order valence-corrected chi connectivity index (χ1v) is 5.76. The molecule has 0 spiro atoms. The summed E-state index contributed by atoms with van der Waals surface area (Å²) in [5.41, 5.74) is 1.02. The van der Waals surface area contributed by atoms with Crippen LogP contribution in [0.25, 0.3) is 0 Å². The quantitative estimate of drug-likeness (QED) is 0.752. The van der Waals surface area contributed by atoms with Gasteiger partial charge in [0, 0.05) is 6.42 Å². The Morgan fingerprint density at radius 1 is 1.14 bits per heavy atom. The summed E-state index contributed by atoms with van der Waals surface area (Å²) in [5.74, 6) is -0.627. The van der Waals surface area contributed by atoms with Crippen molar-refractivity contribution in [2.24, 2.45) is 10.8 Å². The Bertz CT molecular complexity index is 220. The minimum atomic E-state index is -0.627. The second kappa shape index (κ2) is 3.25. The Kier molecular flexibility index (Phi) is 2.32. The van der Waals surface area contributed by atoms with Crippen molar-refractivity contribution in [1.29, 1.82) is 0 Å². The Hall–Kier alpha value is -0.530. The SMILES string of the molecule is CC12CCC(CCC(=O)O)(CC1)CC2. The Morgan fingerprint density at radius 2 is 1.64 bits per heavy atom. The van der Waals surface area contributed by atoms with Crippen molar-refractivity contribution in [3.05, 3.63) is 0 Å². The second-order valence-electron chi connectivity index (χ2n) is 5.70. The maximum atomic E-state index is 10.6. The van der Waals surface area contributed by atoms with E-state index >= 15 is 0 Å². The summed E-state index contributed by atoms with van der Waals surface area (Å²) in [6.45, 7) is 2.40. The lowest BCUT2D eigenvalue weighted by atomic mass is 9.53. The summed E-state index contributed by atoms with van der Waals surface area (Å²) in [4.78, 5) is 10.6. The molecule has 3 aliphatic carbocycles. The average molecular weight is 196 g/mol. The fourth-order valence-electron chi connectivity index (χ4n) is 3.20. The first-order valence-electron chi connectivity index (χ1n) is 5.76. The first-order chi connectivity index (χ1) is 6.54. The number of hydrogen-bond donors (Lipinski definition) is 1. The van der Waals surface area contributed by atoms with Crippen LogP contribution in [0.15, 0.2) is 0 Å². The number of carbonyl (C=O) groups is 1. The first kappa shape index (κ1) is 10.0. The minimum absolute atomic E-state index is 0.372. The highest BCUT2D eigenvalue weighted by molar-refractivity contribution is 5.66. The van der Waals surface area contributed by atoms with Gasteiger partial charge >= 0.3 is 5.97 Å². The molecule has 0 atom stereocenters. The number of aliphatic carboxylic acids is 1. The van der Waals surface area contributed by atoms with Gasteiger partial charge in [-0.15, -0.1) is 0 Å². The van der Waals surface area contributed by atoms with Crippen molar-refractivity contribution in [2.45, 2.75) is 58.3 Å². The van der Waals surface area contributed by atoms with Crippen LogP contribution in [-0.4, -0.2) is 11.1 Å². The molecule has 0 unspecified atom stereocenters. The van der Waals surface area contributed by atoms with E-state index in [1.165, 1.54) is 38.5 Å². The van der Waals surface area contributed by atoms with Crippen LogP contribution in [0.4, 0.5) is 0 Å². The highest BCUT2D eigenvalue weighted by Crippen LogP contribution is 2.58. The number of hydrogen-bond acceptors (Lipinski definition) is 1. The van der Waals surface area contributed by atoms with E-state index in [1.807, 2.05) is 0 Å². The smallest absolute Gasteiger partial charge is 0.303 e. The molecule has 0 heterocycles. The van der Waals surface area contributed by atoms with Crippen LogP contribution in [0.2, 0.25) is 0 Å². The topological polar surface area (TPSA) is 37.3 Å². The van der Waals surface area contributed by atoms with Crippen molar-refractivity contribution in [1.82, 2.24) is 0 Å². The minimum Gasteiger partial charge on any atom is -0.481 e. The molecule has 0 radical (unpaired) electrons. The molecule has 3 fully saturated rings. The molecule has 2 nitrogen and oxygen atoms in total. The van der Waals surface area contributed by atoms with Gasteiger partial charge in [0.15, 0.2) is 0 Å². The molecule has 14 heavy (non-hydrogen) atoms. The molecule has 0 saturated heterocycles. The molecule has 0 aromatic heterocycles. The highest BCUT2D eigenvalue weighted by Gasteiger charge is 2.45. The lowest BCUT2D eigenvalue weighted by Crippen LogP contribution is -2.40. The molecule has 2 bridgehead atoms. The van der Waals surface area contributed by atoms with Crippen LogP contribution in [0, 0.1) is 10.8 Å². The van der Waals surface area contributed by atoms with Crippen molar-refractivity contribution in [2.75, 3.05) is 0 Å². The maximum absolute atomic E-state index is 10.6. The summed E-state index contributed by atoms with van der Waals surface area (Å²) in [6.07, 6.45) is 9.09.